The van der Waals surface area contributed by atoms with Gasteiger partial charge in [0.15, 0.2) is 11.5 Å². The van der Waals surface area contributed by atoms with Crippen molar-refractivity contribution < 1.29 is 24.2 Å². The van der Waals surface area contributed by atoms with Gasteiger partial charge in [-0.25, -0.2) is 4.79 Å². The van der Waals surface area contributed by atoms with Crippen molar-refractivity contribution in [3.63, 3.8) is 0 Å². The fraction of sp³-hybridized carbons (Fsp3) is 0.263. The minimum atomic E-state index is -1.06. The molecule has 0 spiro atoms. The molecule has 0 aliphatic carbocycles. The Morgan fingerprint density at radius 3 is 2.44 bits per heavy atom. The molecule has 0 heterocycles. The van der Waals surface area contributed by atoms with E-state index in [0.717, 1.165) is 5.56 Å². The molecule has 0 saturated carbocycles. The number of hydrogen-bond acceptors (Lipinski definition) is 4. The minimum Gasteiger partial charge on any atom is -0.493 e. The first kappa shape index (κ1) is 18.3. The van der Waals surface area contributed by atoms with Crippen LogP contribution in [0, 0.1) is 6.92 Å². The van der Waals surface area contributed by atoms with Crippen molar-refractivity contribution in [3.05, 3.63) is 58.7 Å². The van der Waals surface area contributed by atoms with Crippen molar-refractivity contribution in [2.75, 3.05) is 13.7 Å². The molecule has 0 radical (unpaired) electrons. The first-order valence-corrected chi connectivity index (χ1v) is 7.87. The normalized spacial score (nSPS) is 10.2. The summed E-state index contributed by atoms with van der Waals surface area (Å²) in [4.78, 5) is 23.4. The van der Waals surface area contributed by atoms with Crippen molar-refractivity contribution >= 4 is 11.9 Å². The molecule has 0 saturated heterocycles. The molecule has 0 bridgehead atoms. The number of carbonyl (C=O) groups is 2. The summed E-state index contributed by atoms with van der Waals surface area (Å²) in [6, 6.07) is 9.97. The van der Waals surface area contributed by atoms with Crippen LogP contribution in [0.15, 0.2) is 36.4 Å². The zero-order chi connectivity index (χ0) is 18.4. The Balaban J connectivity index is 2.11. The summed E-state index contributed by atoms with van der Waals surface area (Å²) in [5, 5.41) is 11.9. The maximum Gasteiger partial charge on any atom is 0.335 e. The second-order valence-corrected chi connectivity index (χ2v) is 5.49. The van der Waals surface area contributed by atoms with Crippen LogP contribution in [-0.4, -0.2) is 30.7 Å². The summed E-state index contributed by atoms with van der Waals surface area (Å²) in [5.41, 5.74) is 1.97. The molecule has 2 aromatic carbocycles. The molecule has 6 heteroatoms. The van der Waals surface area contributed by atoms with Crippen molar-refractivity contribution in [1.29, 1.82) is 0 Å². The lowest BCUT2D eigenvalue weighted by Gasteiger charge is -2.12. The second-order valence-electron chi connectivity index (χ2n) is 5.49. The van der Waals surface area contributed by atoms with Crippen molar-refractivity contribution in [1.82, 2.24) is 5.32 Å². The van der Waals surface area contributed by atoms with Gasteiger partial charge in [-0.1, -0.05) is 6.07 Å². The molecule has 0 aliphatic rings. The number of amides is 1. The van der Waals surface area contributed by atoms with Crippen LogP contribution in [0.4, 0.5) is 0 Å². The van der Waals surface area contributed by atoms with Crippen LogP contribution < -0.4 is 14.8 Å². The minimum absolute atomic E-state index is 0.0906. The molecule has 132 valence electrons. The Kier molecular flexibility index (Phi) is 6.00. The maximum atomic E-state index is 12.3. The summed E-state index contributed by atoms with van der Waals surface area (Å²) in [7, 11) is 1.56. The van der Waals surface area contributed by atoms with E-state index in [4.69, 9.17) is 14.6 Å². The number of rotatable bonds is 7. The maximum absolute atomic E-state index is 12.3. The van der Waals surface area contributed by atoms with Crippen LogP contribution in [-0.2, 0) is 6.54 Å². The largest absolute Gasteiger partial charge is 0.493 e. The van der Waals surface area contributed by atoms with Gasteiger partial charge in [0, 0.05) is 12.1 Å². The fourth-order valence-electron chi connectivity index (χ4n) is 2.42. The summed E-state index contributed by atoms with van der Waals surface area (Å²) in [6.07, 6.45) is 0. The molecule has 2 aromatic rings. The van der Waals surface area contributed by atoms with Gasteiger partial charge in [0.25, 0.3) is 5.91 Å². The zero-order valence-electron chi connectivity index (χ0n) is 14.5. The first-order valence-electron chi connectivity index (χ1n) is 7.87. The molecule has 0 aromatic heterocycles. The van der Waals surface area contributed by atoms with Crippen LogP contribution in [0.2, 0.25) is 0 Å². The van der Waals surface area contributed by atoms with E-state index in [1.54, 1.807) is 32.2 Å². The molecule has 2 N–H and O–H groups in total. The van der Waals surface area contributed by atoms with Gasteiger partial charge in [-0.2, -0.15) is 0 Å². The molecule has 0 unspecified atom stereocenters. The molecule has 0 fully saturated rings. The Bertz CT molecular complexity index is 785. The van der Waals surface area contributed by atoms with Gasteiger partial charge in [0.2, 0.25) is 0 Å². The average molecular weight is 343 g/mol. The molecule has 2 rings (SSSR count). The Morgan fingerprint density at radius 2 is 1.80 bits per heavy atom. The van der Waals surface area contributed by atoms with Gasteiger partial charge < -0.3 is 19.9 Å². The van der Waals surface area contributed by atoms with E-state index in [0.29, 0.717) is 29.2 Å². The highest BCUT2D eigenvalue weighted by Crippen LogP contribution is 2.28. The SMILES string of the molecule is CCOc1ccc(CNC(=O)c2cc(C)cc(C(=O)O)c2)cc1OC. The quantitative estimate of drug-likeness (QED) is 0.807. The summed E-state index contributed by atoms with van der Waals surface area (Å²) < 4.78 is 10.7. The number of hydrogen-bond donors (Lipinski definition) is 2. The molecular weight excluding hydrogens is 322 g/mol. The number of methoxy groups -OCH3 is 1. The fourth-order valence-corrected chi connectivity index (χ4v) is 2.42. The van der Waals surface area contributed by atoms with E-state index in [1.165, 1.54) is 12.1 Å². The smallest absolute Gasteiger partial charge is 0.335 e. The predicted octanol–water partition coefficient (Wildman–Crippen LogP) is 3.03. The van der Waals surface area contributed by atoms with E-state index in [2.05, 4.69) is 5.32 Å². The third-order valence-corrected chi connectivity index (χ3v) is 3.57. The standard InChI is InChI=1S/C19H21NO5/c1-4-25-16-6-5-13(9-17(16)24-3)11-20-18(21)14-7-12(2)8-15(10-14)19(22)23/h5-10H,4,11H2,1-3H3,(H,20,21)(H,22,23). The molecule has 1 amide bonds. The molecule has 0 atom stereocenters. The third kappa shape index (κ3) is 4.73. The number of carboxylic acid groups (broad SMARTS) is 1. The number of aromatic carboxylic acids is 1. The van der Waals surface area contributed by atoms with E-state index >= 15 is 0 Å². The highest BCUT2D eigenvalue weighted by atomic mass is 16.5. The molecule has 6 nitrogen and oxygen atoms in total. The lowest BCUT2D eigenvalue weighted by molar-refractivity contribution is 0.0696. The van der Waals surface area contributed by atoms with Crippen LogP contribution in [0.25, 0.3) is 0 Å². The molecule has 25 heavy (non-hydrogen) atoms. The summed E-state index contributed by atoms with van der Waals surface area (Å²) >= 11 is 0. The predicted molar refractivity (Wildman–Crippen MR) is 93.5 cm³/mol. The summed E-state index contributed by atoms with van der Waals surface area (Å²) in [5.74, 6) is -0.157. The number of carboxylic acids is 1. The summed E-state index contributed by atoms with van der Waals surface area (Å²) in [6.45, 7) is 4.46. The van der Waals surface area contributed by atoms with E-state index in [-0.39, 0.29) is 18.0 Å². The highest BCUT2D eigenvalue weighted by molar-refractivity contribution is 5.97. The van der Waals surface area contributed by atoms with Crippen LogP contribution in [0.3, 0.4) is 0 Å². The molecule has 0 aliphatic heterocycles. The van der Waals surface area contributed by atoms with Crippen molar-refractivity contribution in [2.24, 2.45) is 0 Å². The third-order valence-electron chi connectivity index (χ3n) is 3.57. The van der Waals surface area contributed by atoms with Gasteiger partial charge in [-0.3, -0.25) is 4.79 Å². The van der Waals surface area contributed by atoms with Crippen LogP contribution in [0.1, 0.15) is 38.8 Å². The number of nitrogens with one attached hydrogen (secondary N) is 1. The highest BCUT2D eigenvalue weighted by Gasteiger charge is 2.12. The van der Waals surface area contributed by atoms with E-state index < -0.39 is 5.97 Å². The number of carbonyl (C=O) groups excluding carboxylic acids is 1. The van der Waals surface area contributed by atoms with Crippen LogP contribution >= 0.6 is 0 Å². The first-order chi connectivity index (χ1) is 11.9. The van der Waals surface area contributed by atoms with E-state index in [9.17, 15) is 9.59 Å². The average Bonchev–Trinajstić information content (AvgIpc) is 2.60. The van der Waals surface area contributed by atoms with Gasteiger partial charge >= 0.3 is 5.97 Å². The lowest BCUT2D eigenvalue weighted by atomic mass is 10.1. The van der Waals surface area contributed by atoms with Gasteiger partial charge in [-0.15, -0.1) is 0 Å². The molecular formula is C19H21NO5. The number of ether oxygens (including phenoxy) is 2. The Labute approximate surface area is 146 Å². The lowest BCUT2D eigenvalue weighted by Crippen LogP contribution is -2.23. The van der Waals surface area contributed by atoms with E-state index in [1.807, 2.05) is 13.0 Å². The van der Waals surface area contributed by atoms with Crippen LogP contribution in [0.5, 0.6) is 11.5 Å². The number of aryl methyl sites for hydroxylation is 1. The monoisotopic (exact) mass is 343 g/mol. The van der Waals surface area contributed by atoms with Crippen molar-refractivity contribution in [2.45, 2.75) is 20.4 Å². The second kappa shape index (κ2) is 8.19. The Hall–Kier alpha value is -3.02. The zero-order valence-corrected chi connectivity index (χ0v) is 14.5. The number of benzene rings is 2. The van der Waals surface area contributed by atoms with Crippen molar-refractivity contribution in [3.8, 4) is 11.5 Å². The van der Waals surface area contributed by atoms with Gasteiger partial charge in [0.1, 0.15) is 0 Å². The topological polar surface area (TPSA) is 84.9 Å². The Morgan fingerprint density at radius 1 is 1.08 bits per heavy atom. The van der Waals surface area contributed by atoms with Gasteiger partial charge in [-0.05, 0) is 55.3 Å². The van der Waals surface area contributed by atoms with Gasteiger partial charge in [0.05, 0.1) is 19.3 Å².